The number of carbonyl (C=O) groups is 4. The fraction of sp³-hybridized carbons (Fsp3) is 0.279. The molecule has 17 nitrogen and oxygen atoms in total. The van der Waals surface area contributed by atoms with Crippen LogP contribution in [0, 0.1) is 0 Å². The van der Waals surface area contributed by atoms with Gasteiger partial charge in [0.1, 0.15) is 47.1 Å². The summed E-state index contributed by atoms with van der Waals surface area (Å²) in [6.07, 6.45) is 1.90. The molecule has 4 aromatic carbocycles. The monoisotopic (exact) mass is 817 g/mol. The maximum atomic E-state index is 13.5. The Morgan fingerprint density at radius 2 is 1.47 bits per heavy atom. The Morgan fingerprint density at radius 1 is 0.750 bits per heavy atom. The predicted molar refractivity (Wildman–Crippen MR) is 214 cm³/mol. The molecular weight excluding hydrogens is 778 g/mol. The summed E-state index contributed by atoms with van der Waals surface area (Å²) in [5.41, 5.74) is 2.35. The smallest absolute Gasteiger partial charge is 0.266 e. The van der Waals surface area contributed by atoms with E-state index in [9.17, 15) is 24.0 Å². The van der Waals surface area contributed by atoms with E-state index in [1.165, 1.54) is 19.2 Å². The molecule has 0 radical (unpaired) electrons. The second kappa shape index (κ2) is 17.0. The number of ether oxygens (including phenoxy) is 6. The van der Waals surface area contributed by atoms with Crippen molar-refractivity contribution in [2.24, 2.45) is 0 Å². The number of hydrogen-bond acceptors (Lipinski definition) is 14. The first kappa shape index (κ1) is 39.7. The fourth-order valence-electron chi connectivity index (χ4n) is 7.37. The third-order valence-electron chi connectivity index (χ3n) is 10.3. The van der Waals surface area contributed by atoms with E-state index in [2.05, 4.69) is 15.6 Å². The zero-order chi connectivity index (χ0) is 41.9. The van der Waals surface area contributed by atoms with Crippen molar-refractivity contribution >= 4 is 45.4 Å². The van der Waals surface area contributed by atoms with Crippen molar-refractivity contribution in [1.29, 1.82) is 0 Å². The van der Waals surface area contributed by atoms with Crippen molar-refractivity contribution in [3.63, 3.8) is 0 Å². The zero-order valence-electron chi connectivity index (χ0n) is 32.9. The zero-order valence-corrected chi connectivity index (χ0v) is 32.9. The molecule has 8 rings (SSSR count). The molecule has 1 unspecified atom stereocenters. The van der Waals surface area contributed by atoms with Crippen LogP contribution in [0.5, 0.6) is 23.0 Å². The number of carbonyl (C=O) groups excluding carboxylic acids is 4. The summed E-state index contributed by atoms with van der Waals surface area (Å²) in [4.78, 5) is 64.6. The molecule has 0 saturated carbocycles. The molecule has 1 saturated heterocycles. The van der Waals surface area contributed by atoms with Gasteiger partial charge in [-0.3, -0.25) is 34.2 Å². The van der Waals surface area contributed by atoms with Gasteiger partial charge >= 0.3 is 0 Å². The van der Waals surface area contributed by atoms with Gasteiger partial charge in [0.25, 0.3) is 11.8 Å². The highest BCUT2D eigenvalue weighted by Gasteiger charge is 2.46. The van der Waals surface area contributed by atoms with E-state index in [1.54, 1.807) is 55.4 Å². The standard InChI is InChI=1S/C43H39N5O12/c1-54-31-11-12-32(55-2)39-38(31)35(56-3)21-27-30(49)22-34(60-40(27)39)25-7-4-6-24(20-25)28-23-47(46-45-28)14-15-57-16-17-58-18-19-59-33-9-5-8-26-37(33)43(53)48(42(26)52)29-10-13-36(50)44-41(29)51/h4-9,11-12,20-23,29H,10,13-19H2,1-3H3,(H,44,50,51). The first-order valence-electron chi connectivity index (χ1n) is 19.0. The minimum Gasteiger partial charge on any atom is -0.496 e. The Bertz CT molecular complexity index is 2730. The van der Waals surface area contributed by atoms with Crippen molar-refractivity contribution in [3.8, 4) is 45.6 Å². The van der Waals surface area contributed by atoms with Gasteiger partial charge in [-0.15, -0.1) is 5.10 Å². The summed E-state index contributed by atoms with van der Waals surface area (Å²) in [5.74, 6) is -0.307. The van der Waals surface area contributed by atoms with Gasteiger partial charge in [-0.25, -0.2) is 4.68 Å². The molecule has 4 amide bonds. The summed E-state index contributed by atoms with van der Waals surface area (Å²) in [7, 11) is 4.63. The van der Waals surface area contributed by atoms with E-state index >= 15 is 0 Å². The number of methoxy groups -OCH3 is 3. The number of benzene rings is 4. The maximum Gasteiger partial charge on any atom is 0.266 e. The van der Waals surface area contributed by atoms with Crippen molar-refractivity contribution in [2.45, 2.75) is 25.4 Å². The molecule has 60 heavy (non-hydrogen) atoms. The van der Waals surface area contributed by atoms with Crippen LogP contribution < -0.4 is 29.7 Å². The van der Waals surface area contributed by atoms with E-state index < -0.39 is 29.7 Å². The topological polar surface area (TPSA) is 200 Å². The van der Waals surface area contributed by atoms with Gasteiger partial charge in [0.15, 0.2) is 11.0 Å². The summed E-state index contributed by atoms with van der Waals surface area (Å²) in [6.45, 7) is 1.64. The lowest BCUT2D eigenvalue weighted by Crippen LogP contribution is -2.54. The number of rotatable bonds is 16. The van der Waals surface area contributed by atoms with Gasteiger partial charge in [0.2, 0.25) is 11.8 Å². The first-order chi connectivity index (χ1) is 29.2. The first-order valence-corrected chi connectivity index (χ1v) is 19.0. The van der Waals surface area contributed by atoms with E-state index in [0.717, 1.165) is 10.5 Å². The third kappa shape index (κ3) is 7.51. The van der Waals surface area contributed by atoms with Crippen molar-refractivity contribution in [2.75, 3.05) is 54.4 Å². The van der Waals surface area contributed by atoms with Crippen molar-refractivity contribution in [1.82, 2.24) is 25.2 Å². The third-order valence-corrected chi connectivity index (χ3v) is 10.3. The highest BCUT2D eigenvalue weighted by Crippen LogP contribution is 2.44. The van der Waals surface area contributed by atoms with Crippen molar-refractivity contribution < 1.29 is 52.0 Å². The van der Waals surface area contributed by atoms with Crippen molar-refractivity contribution in [3.05, 3.63) is 94.3 Å². The van der Waals surface area contributed by atoms with E-state index in [0.29, 0.717) is 75.8 Å². The lowest BCUT2D eigenvalue weighted by molar-refractivity contribution is -0.136. The molecule has 2 aliphatic heterocycles. The lowest BCUT2D eigenvalue weighted by Gasteiger charge is -2.27. The number of nitrogens with one attached hydrogen (secondary N) is 1. The molecule has 17 heteroatoms. The van der Waals surface area contributed by atoms with Crippen LogP contribution in [0.1, 0.15) is 33.6 Å². The number of piperidine rings is 1. The van der Waals surface area contributed by atoms with E-state index in [-0.39, 0.29) is 55.0 Å². The normalized spacial score (nSPS) is 15.1. The molecule has 308 valence electrons. The number of fused-ring (bicyclic) bond motifs is 4. The van der Waals surface area contributed by atoms with Gasteiger partial charge in [0.05, 0.1) is 87.8 Å². The number of amides is 4. The molecule has 1 fully saturated rings. The molecule has 2 aromatic heterocycles. The predicted octanol–water partition coefficient (Wildman–Crippen LogP) is 4.41. The SMILES string of the molecule is COc1ccc(OC)c2c1c(OC)cc1c(=O)cc(-c3cccc(-c4cn(CCOCCOCCOc5cccc6c5C(=O)N(C5CCC(=O)NC5=O)C6=O)nn4)c3)oc12. The van der Waals surface area contributed by atoms with Gasteiger partial charge in [-0.2, -0.15) is 0 Å². The highest BCUT2D eigenvalue weighted by atomic mass is 16.5. The molecule has 1 N–H and O–H groups in total. The molecule has 0 bridgehead atoms. The quantitative estimate of drug-likeness (QED) is 0.0818. The Balaban J connectivity index is 0.835. The average molecular weight is 818 g/mol. The van der Waals surface area contributed by atoms with Crippen LogP contribution in [0.25, 0.3) is 44.3 Å². The van der Waals surface area contributed by atoms with Crippen LogP contribution in [-0.4, -0.2) is 104 Å². The summed E-state index contributed by atoms with van der Waals surface area (Å²) in [6, 6.07) is 17.7. The fourth-order valence-corrected chi connectivity index (χ4v) is 7.37. The minimum absolute atomic E-state index is 0.0344. The number of nitrogens with zero attached hydrogens (tertiary/aromatic N) is 4. The van der Waals surface area contributed by atoms with Gasteiger partial charge in [-0.05, 0) is 42.8 Å². The van der Waals surface area contributed by atoms with Gasteiger partial charge in [-0.1, -0.05) is 29.5 Å². The summed E-state index contributed by atoms with van der Waals surface area (Å²) in [5, 5.41) is 12.3. The van der Waals surface area contributed by atoms with Crippen LogP contribution in [-0.2, 0) is 25.6 Å². The number of aromatic nitrogens is 3. The summed E-state index contributed by atoms with van der Waals surface area (Å²) < 4.78 is 42.2. The average Bonchev–Trinajstić information content (AvgIpc) is 3.84. The molecule has 2 aliphatic rings. The van der Waals surface area contributed by atoms with Crippen LogP contribution >= 0.6 is 0 Å². The van der Waals surface area contributed by atoms with Crippen LogP contribution in [0.4, 0.5) is 0 Å². The molecular formula is C43H39N5O12. The Kier molecular flexibility index (Phi) is 11.3. The van der Waals surface area contributed by atoms with Gasteiger partial charge in [0, 0.05) is 23.6 Å². The Labute approximate surface area is 341 Å². The molecule has 1 atom stereocenters. The second-order valence-corrected chi connectivity index (χ2v) is 13.8. The largest absolute Gasteiger partial charge is 0.496 e. The number of imide groups is 2. The highest BCUT2D eigenvalue weighted by molar-refractivity contribution is 6.24. The van der Waals surface area contributed by atoms with E-state index in [1.807, 2.05) is 24.3 Å². The van der Waals surface area contributed by atoms with Crippen LogP contribution in [0.15, 0.2) is 82.1 Å². The Morgan fingerprint density at radius 3 is 2.23 bits per heavy atom. The Hall–Kier alpha value is -7.11. The van der Waals surface area contributed by atoms with E-state index in [4.69, 9.17) is 32.8 Å². The maximum absolute atomic E-state index is 13.5. The number of hydrogen-bond donors (Lipinski definition) is 1. The second-order valence-electron chi connectivity index (χ2n) is 13.8. The minimum atomic E-state index is -1.06. The molecule has 0 aliphatic carbocycles. The summed E-state index contributed by atoms with van der Waals surface area (Å²) >= 11 is 0. The van der Waals surface area contributed by atoms with Gasteiger partial charge < -0.3 is 32.8 Å². The lowest BCUT2D eigenvalue weighted by atomic mass is 10.0. The van der Waals surface area contributed by atoms with Crippen LogP contribution in [0.2, 0.25) is 0 Å². The molecule has 6 aromatic rings. The molecule has 0 spiro atoms. The van der Waals surface area contributed by atoms with Crippen LogP contribution in [0.3, 0.4) is 0 Å². The molecule has 4 heterocycles.